The molecule has 1 fully saturated rings. The highest BCUT2D eigenvalue weighted by Crippen LogP contribution is 2.33. The fourth-order valence-electron chi connectivity index (χ4n) is 4.31. The maximum absolute atomic E-state index is 14.2. The van der Waals surface area contributed by atoms with Crippen LogP contribution in [0.4, 0.5) is 28.9 Å². The number of alkyl halides is 3. The third-order valence-corrected chi connectivity index (χ3v) is 6.23. The second-order valence-electron chi connectivity index (χ2n) is 9.10. The molecule has 0 amide bonds. The zero-order chi connectivity index (χ0) is 26.4. The molecule has 6 nitrogen and oxygen atoms in total. The number of aryl methyl sites for hydroxylation is 1. The first-order valence-corrected chi connectivity index (χ1v) is 12.0. The van der Waals surface area contributed by atoms with Gasteiger partial charge >= 0.3 is 6.36 Å². The minimum atomic E-state index is -4.79. The van der Waals surface area contributed by atoms with Crippen LogP contribution in [0, 0.1) is 12.7 Å². The summed E-state index contributed by atoms with van der Waals surface area (Å²) in [6, 6.07) is 17.5. The Morgan fingerprint density at radius 1 is 1.00 bits per heavy atom. The van der Waals surface area contributed by atoms with E-state index in [1.165, 1.54) is 36.4 Å². The van der Waals surface area contributed by atoms with Crippen LogP contribution in [0.5, 0.6) is 5.75 Å². The second kappa shape index (κ2) is 9.13. The van der Waals surface area contributed by atoms with Gasteiger partial charge in [-0.15, -0.1) is 13.2 Å². The summed E-state index contributed by atoms with van der Waals surface area (Å²) < 4.78 is 58.2. The molecule has 1 aromatic heterocycles. The fourth-order valence-corrected chi connectivity index (χ4v) is 4.31. The van der Waals surface area contributed by atoms with Crippen LogP contribution in [0.1, 0.15) is 18.5 Å². The fraction of sp³-hybridized carbons (Fsp3) is 0.179. The summed E-state index contributed by atoms with van der Waals surface area (Å²) in [5.41, 5.74) is 5.12. The van der Waals surface area contributed by atoms with Crippen molar-refractivity contribution in [3.8, 4) is 22.8 Å². The van der Waals surface area contributed by atoms with Crippen molar-refractivity contribution < 1.29 is 22.3 Å². The van der Waals surface area contributed by atoms with Crippen molar-refractivity contribution in [1.82, 2.24) is 14.5 Å². The van der Waals surface area contributed by atoms with Crippen molar-refractivity contribution in [1.29, 1.82) is 0 Å². The van der Waals surface area contributed by atoms with Crippen LogP contribution in [0.25, 0.3) is 28.1 Å². The smallest absolute Gasteiger partial charge is 0.406 e. The maximum Gasteiger partial charge on any atom is 0.573 e. The van der Waals surface area contributed by atoms with E-state index in [0.29, 0.717) is 28.1 Å². The van der Waals surface area contributed by atoms with E-state index in [1.54, 1.807) is 12.3 Å². The number of aromatic nitrogens is 3. The van der Waals surface area contributed by atoms with E-state index in [9.17, 15) is 17.6 Å². The Kier molecular flexibility index (Phi) is 5.74. The highest BCUT2D eigenvalue weighted by atomic mass is 19.4. The summed E-state index contributed by atoms with van der Waals surface area (Å²) in [6.45, 7) is 1.90. The molecule has 3 aromatic rings. The molecule has 0 radical (unpaired) electrons. The maximum atomic E-state index is 14.2. The van der Waals surface area contributed by atoms with E-state index in [2.05, 4.69) is 15.0 Å². The van der Waals surface area contributed by atoms with Gasteiger partial charge in [-0.05, 0) is 80.4 Å². The summed E-state index contributed by atoms with van der Waals surface area (Å²) in [4.78, 5) is 14.0. The monoisotopic (exact) mass is 519 g/mol. The minimum absolute atomic E-state index is 0.220. The Labute approximate surface area is 214 Å². The number of benzene rings is 3. The standard InChI is InChI=1S/C28H21F4N5O/c1-16-21(3-2-12-33-16)35-22-14-25-27(15-23(22)34-18-5-6-18)37(26-11-4-17(29)13-24(26)36-25)19-7-9-20(10-8-19)38-28(30,31)32/h2-4,7-15,18,35H,5-6H2,1H3. The molecule has 10 heteroatoms. The quantitative estimate of drug-likeness (QED) is 0.208. The van der Waals surface area contributed by atoms with Gasteiger partial charge in [-0.2, -0.15) is 0 Å². The molecule has 1 aliphatic heterocycles. The van der Waals surface area contributed by atoms with E-state index in [0.717, 1.165) is 35.3 Å². The summed E-state index contributed by atoms with van der Waals surface area (Å²) in [7, 11) is 0. The topological polar surface area (TPSA) is 64.3 Å². The summed E-state index contributed by atoms with van der Waals surface area (Å²) in [5.74, 6) is -0.784. The molecule has 2 aliphatic carbocycles. The third kappa shape index (κ3) is 4.89. The Morgan fingerprint density at radius 2 is 1.79 bits per heavy atom. The van der Waals surface area contributed by atoms with Crippen molar-refractivity contribution in [3.63, 3.8) is 0 Å². The molecule has 0 atom stereocenters. The molecule has 2 heterocycles. The number of hydrogen-bond acceptors (Lipinski definition) is 5. The molecule has 6 rings (SSSR count). The van der Waals surface area contributed by atoms with Crippen LogP contribution in [0.15, 0.2) is 77.9 Å². The number of nitrogens with zero attached hydrogens (tertiary/aromatic N) is 4. The molecule has 38 heavy (non-hydrogen) atoms. The first kappa shape index (κ1) is 23.9. The first-order chi connectivity index (χ1) is 18.2. The molecule has 0 bridgehead atoms. The lowest BCUT2D eigenvalue weighted by Gasteiger charge is -2.21. The normalized spacial score (nSPS) is 14.3. The minimum Gasteiger partial charge on any atom is -0.406 e. The van der Waals surface area contributed by atoms with Crippen LogP contribution >= 0.6 is 0 Å². The van der Waals surface area contributed by atoms with Crippen LogP contribution in [0.3, 0.4) is 0 Å². The Balaban J connectivity index is 1.58. The van der Waals surface area contributed by atoms with Gasteiger partial charge in [0.25, 0.3) is 0 Å². The first-order valence-electron chi connectivity index (χ1n) is 12.0. The zero-order valence-corrected chi connectivity index (χ0v) is 20.1. The highest BCUT2D eigenvalue weighted by molar-refractivity contribution is 5.84. The van der Waals surface area contributed by atoms with Gasteiger partial charge in [0.05, 0.1) is 50.9 Å². The largest absolute Gasteiger partial charge is 0.573 e. The zero-order valence-electron chi connectivity index (χ0n) is 20.1. The van der Waals surface area contributed by atoms with Crippen LogP contribution < -0.4 is 15.4 Å². The average molecular weight is 520 g/mol. The summed E-state index contributed by atoms with van der Waals surface area (Å²) in [6.07, 6.45) is -1.08. The average Bonchev–Trinajstić information content (AvgIpc) is 3.68. The lowest BCUT2D eigenvalue weighted by atomic mass is 10.1. The predicted octanol–water partition coefficient (Wildman–Crippen LogP) is 6.68. The molecule has 0 spiro atoms. The van der Waals surface area contributed by atoms with E-state index >= 15 is 0 Å². The van der Waals surface area contributed by atoms with Crippen molar-refractivity contribution >= 4 is 22.4 Å². The molecule has 0 saturated heterocycles. The number of halogens is 4. The molecular weight excluding hydrogens is 498 g/mol. The van der Waals surface area contributed by atoms with Gasteiger partial charge in [0.1, 0.15) is 11.6 Å². The van der Waals surface area contributed by atoms with Gasteiger partial charge in [0, 0.05) is 18.0 Å². The molecule has 2 aromatic carbocycles. The molecule has 3 aliphatic rings. The van der Waals surface area contributed by atoms with E-state index in [4.69, 9.17) is 9.98 Å². The van der Waals surface area contributed by atoms with E-state index in [1.807, 2.05) is 35.8 Å². The molecule has 0 unspecified atom stereocenters. The van der Waals surface area contributed by atoms with Crippen molar-refractivity contribution in [2.45, 2.75) is 32.2 Å². The van der Waals surface area contributed by atoms with Crippen molar-refractivity contribution in [2.75, 3.05) is 5.32 Å². The van der Waals surface area contributed by atoms with Gasteiger partial charge in [-0.1, -0.05) is 0 Å². The Bertz CT molecular complexity index is 1690. The number of nitrogens with one attached hydrogen (secondary N) is 1. The SMILES string of the molecule is Cc1ncccc1Nc1cc2nc3cc(F)ccc3n(-c3ccc(OC(F)(F)F)cc3)c-2cc1=NC1CC1. The number of ether oxygens (including phenoxy) is 1. The third-order valence-electron chi connectivity index (χ3n) is 6.23. The lowest BCUT2D eigenvalue weighted by molar-refractivity contribution is -0.274. The Hall–Kier alpha value is -4.47. The second-order valence-corrected chi connectivity index (χ2v) is 9.10. The molecule has 1 saturated carbocycles. The predicted molar refractivity (Wildman–Crippen MR) is 135 cm³/mol. The Morgan fingerprint density at radius 3 is 2.50 bits per heavy atom. The van der Waals surface area contributed by atoms with Gasteiger partial charge in [0.15, 0.2) is 0 Å². The summed E-state index contributed by atoms with van der Waals surface area (Å²) >= 11 is 0. The van der Waals surface area contributed by atoms with Gasteiger partial charge in [-0.3, -0.25) is 9.98 Å². The van der Waals surface area contributed by atoms with Crippen LogP contribution in [-0.4, -0.2) is 26.9 Å². The highest BCUT2D eigenvalue weighted by Gasteiger charge is 2.31. The van der Waals surface area contributed by atoms with E-state index in [-0.39, 0.29) is 11.8 Å². The lowest BCUT2D eigenvalue weighted by Crippen LogP contribution is -2.17. The van der Waals surface area contributed by atoms with Gasteiger partial charge in [0.2, 0.25) is 0 Å². The van der Waals surface area contributed by atoms with Crippen LogP contribution in [-0.2, 0) is 0 Å². The van der Waals surface area contributed by atoms with Crippen molar-refractivity contribution in [2.24, 2.45) is 4.99 Å². The van der Waals surface area contributed by atoms with Crippen LogP contribution in [0.2, 0.25) is 0 Å². The number of rotatable bonds is 5. The summed E-state index contributed by atoms with van der Waals surface area (Å²) in [5, 5.41) is 4.13. The molecule has 192 valence electrons. The van der Waals surface area contributed by atoms with Crippen molar-refractivity contribution in [3.05, 3.63) is 89.8 Å². The molecular formula is C28H21F4N5O. The number of anilines is 2. The van der Waals surface area contributed by atoms with Gasteiger partial charge < -0.3 is 14.6 Å². The van der Waals surface area contributed by atoms with Gasteiger partial charge in [-0.25, -0.2) is 9.37 Å². The number of hydrogen-bond donors (Lipinski definition) is 1. The number of fused-ring (bicyclic) bond motifs is 2. The van der Waals surface area contributed by atoms with E-state index < -0.39 is 12.2 Å². The molecule has 1 N–H and O–H groups in total. The number of pyridine rings is 1.